The number of piperidine rings is 1. The van der Waals surface area contributed by atoms with Crippen LogP contribution in [-0.2, 0) is 15.1 Å². The number of allylic oxidation sites excluding steroid dienone is 1. The molecule has 196 valence electrons. The fourth-order valence-corrected chi connectivity index (χ4v) is 8.30. The van der Waals surface area contributed by atoms with Crippen molar-refractivity contribution in [2.45, 2.75) is 63.6 Å². The van der Waals surface area contributed by atoms with Gasteiger partial charge in [0.25, 0.3) is 0 Å². The van der Waals surface area contributed by atoms with E-state index in [0.717, 1.165) is 62.9 Å². The van der Waals surface area contributed by atoms with Crippen LogP contribution in [0, 0.1) is 29.1 Å². The van der Waals surface area contributed by atoms with E-state index in [0.29, 0.717) is 11.8 Å². The first kappa shape index (κ1) is 24.9. The van der Waals surface area contributed by atoms with E-state index in [1.54, 1.807) is 0 Å². The summed E-state index contributed by atoms with van der Waals surface area (Å²) in [5.41, 5.74) is 2.54. The second-order valence-corrected chi connectivity index (χ2v) is 12.5. The first-order valence-corrected chi connectivity index (χ1v) is 14.3. The lowest BCUT2D eigenvalue weighted by Crippen LogP contribution is -2.48. The summed E-state index contributed by atoms with van der Waals surface area (Å²) in [6, 6.07) is 20.2. The Bertz CT molecular complexity index is 1080. The third-order valence-electron chi connectivity index (χ3n) is 10.4. The highest BCUT2D eigenvalue weighted by molar-refractivity contribution is 5.75. The van der Waals surface area contributed by atoms with E-state index in [-0.39, 0.29) is 29.3 Å². The summed E-state index contributed by atoms with van der Waals surface area (Å²) in [6.07, 6.45) is 7.48. The molecule has 1 N–H and O–H groups in total. The molecule has 2 aliphatic heterocycles. The molecule has 2 aromatic carbocycles. The van der Waals surface area contributed by atoms with Crippen molar-refractivity contribution in [3.63, 3.8) is 0 Å². The van der Waals surface area contributed by atoms with Crippen LogP contribution >= 0.6 is 0 Å². The smallest absolute Gasteiger partial charge is 0.310 e. The average Bonchev–Trinajstić information content (AvgIpc) is 3.21. The van der Waals surface area contributed by atoms with Crippen molar-refractivity contribution in [1.82, 2.24) is 4.90 Å². The van der Waals surface area contributed by atoms with Gasteiger partial charge in [-0.15, -0.1) is 0 Å². The summed E-state index contributed by atoms with van der Waals surface area (Å²) in [5.74, 6) is 0.927. The number of hydrogen-bond donors (Lipinski definition) is 1. The van der Waals surface area contributed by atoms with Crippen molar-refractivity contribution in [2.75, 3.05) is 19.6 Å². The van der Waals surface area contributed by atoms with Crippen LogP contribution in [0.4, 0.5) is 0 Å². The molecule has 0 amide bonds. The molecule has 4 fully saturated rings. The van der Waals surface area contributed by atoms with Crippen LogP contribution in [0.2, 0.25) is 0 Å². The molecule has 2 heterocycles. The Morgan fingerprint density at radius 1 is 1.05 bits per heavy atom. The number of fused-ring (bicyclic) bond motifs is 2. The molecular formula is C33H41NO3. The normalized spacial score (nSPS) is 33.0. The van der Waals surface area contributed by atoms with Crippen molar-refractivity contribution in [3.05, 3.63) is 83.9 Å². The Hall–Kier alpha value is -2.43. The molecule has 5 atom stereocenters. The topological polar surface area (TPSA) is 49.8 Å². The van der Waals surface area contributed by atoms with Gasteiger partial charge in [-0.1, -0.05) is 79.7 Å². The Morgan fingerprint density at radius 2 is 1.68 bits per heavy atom. The number of likely N-dealkylation sites (tertiary alicyclic amines) is 1. The fourth-order valence-electron chi connectivity index (χ4n) is 8.30. The van der Waals surface area contributed by atoms with Gasteiger partial charge >= 0.3 is 5.97 Å². The molecule has 0 aromatic heterocycles. The summed E-state index contributed by atoms with van der Waals surface area (Å²) in [6.45, 7) is 9.39. The van der Waals surface area contributed by atoms with Gasteiger partial charge in [0, 0.05) is 12.5 Å². The average molecular weight is 500 g/mol. The largest absolute Gasteiger partial charge is 0.462 e. The third kappa shape index (κ3) is 4.36. The highest BCUT2D eigenvalue weighted by atomic mass is 16.6. The maximum absolute atomic E-state index is 13.1. The van der Waals surface area contributed by atoms with E-state index in [1.807, 2.05) is 60.7 Å². The van der Waals surface area contributed by atoms with Gasteiger partial charge in [0.1, 0.15) is 11.7 Å². The van der Waals surface area contributed by atoms with E-state index in [2.05, 4.69) is 18.4 Å². The molecule has 4 aliphatic rings. The van der Waals surface area contributed by atoms with Gasteiger partial charge in [-0.25, -0.2) is 0 Å². The molecule has 5 unspecified atom stereocenters. The molecule has 4 heteroatoms. The summed E-state index contributed by atoms with van der Waals surface area (Å²) in [5, 5.41) is 12.2. The Balaban J connectivity index is 1.15. The first-order chi connectivity index (χ1) is 17.9. The first-order valence-electron chi connectivity index (χ1n) is 14.3. The van der Waals surface area contributed by atoms with Gasteiger partial charge in [0.05, 0.1) is 5.92 Å². The second kappa shape index (κ2) is 9.71. The molecule has 6 rings (SSSR count). The van der Waals surface area contributed by atoms with Crippen LogP contribution in [0.25, 0.3) is 0 Å². The summed E-state index contributed by atoms with van der Waals surface area (Å²) in [4.78, 5) is 15.5. The number of benzene rings is 2. The fraction of sp³-hybridized carbons (Fsp3) is 0.545. The van der Waals surface area contributed by atoms with Gasteiger partial charge in [-0.3, -0.25) is 4.79 Å². The van der Waals surface area contributed by atoms with E-state index < -0.39 is 5.60 Å². The van der Waals surface area contributed by atoms with Crippen LogP contribution in [0.3, 0.4) is 0 Å². The molecule has 4 nitrogen and oxygen atoms in total. The number of ether oxygens (including phenoxy) is 1. The lowest BCUT2D eigenvalue weighted by molar-refractivity contribution is -0.146. The summed E-state index contributed by atoms with van der Waals surface area (Å²) < 4.78 is 6.02. The third-order valence-corrected chi connectivity index (χ3v) is 10.4. The zero-order valence-electron chi connectivity index (χ0n) is 22.1. The maximum Gasteiger partial charge on any atom is 0.310 e. The van der Waals surface area contributed by atoms with Gasteiger partial charge in [0.15, 0.2) is 0 Å². The van der Waals surface area contributed by atoms with Crippen molar-refractivity contribution in [3.8, 4) is 0 Å². The highest BCUT2D eigenvalue weighted by Gasteiger charge is 2.55. The molecule has 2 aliphatic carbocycles. The molecule has 37 heavy (non-hydrogen) atoms. The standard InChI is InChI=1S/C33H41NO3/c1-23-10-9-17-32(2)21-30-27(20-29(23)32)28(31(35)37-30)22-34-18-15-26(16-19-34)33(36,24-11-5-3-6-12-24)25-13-7-4-8-14-25/h3-8,11-14,26-30,36H,1,9-10,15-22H2,2H3. The second-order valence-electron chi connectivity index (χ2n) is 12.5. The minimum Gasteiger partial charge on any atom is -0.462 e. The maximum atomic E-state index is 13.1. The Labute approximate surface area is 221 Å². The van der Waals surface area contributed by atoms with E-state index >= 15 is 0 Å². The van der Waals surface area contributed by atoms with Gasteiger partial charge in [-0.05, 0) is 86.4 Å². The number of rotatable bonds is 5. The SMILES string of the molecule is C=C1CCCC2(C)CC3OC(=O)C(CN4CCC(C(O)(c5ccccc5)c5ccccc5)CC4)C3CC12. The van der Waals surface area contributed by atoms with Crippen LogP contribution in [0.5, 0.6) is 0 Å². The zero-order valence-corrected chi connectivity index (χ0v) is 22.1. The number of carbonyl (C=O) groups excluding carboxylic acids is 1. The summed E-state index contributed by atoms with van der Waals surface area (Å²) >= 11 is 0. The molecule has 2 saturated carbocycles. The molecule has 2 saturated heterocycles. The zero-order chi connectivity index (χ0) is 25.6. The van der Waals surface area contributed by atoms with Crippen molar-refractivity contribution < 1.29 is 14.6 Å². The number of hydrogen-bond acceptors (Lipinski definition) is 4. The van der Waals surface area contributed by atoms with Crippen molar-refractivity contribution in [1.29, 1.82) is 0 Å². The van der Waals surface area contributed by atoms with Gasteiger partial charge in [-0.2, -0.15) is 0 Å². The van der Waals surface area contributed by atoms with Crippen LogP contribution in [-0.4, -0.2) is 41.7 Å². The van der Waals surface area contributed by atoms with Gasteiger partial charge in [0.2, 0.25) is 0 Å². The van der Waals surface area contributed by atoms with E-state index in [4.69, 9.17) is 4.74 Å². The number of aliphatic hydroxyl groups is 1. The van der Waals surface area contributed by atoms with Crippen molar-refractivity contribution in [2.24, 2.45) is 29.1 Å². The molecular weight excluding hydrogens is 458 g/mol. The lowest BCUT2D eigenvalue weighted by Gasteiger charge is -2.50. The predicted molar refractivity (Wildman–Crippen MR) is 146 cm³/mol. The van der Waals surface area contributed by atoms with Crippen LogP contribution in [0.1, 0.15) is 63.0 Å². The number of nitrogens with zero attached hydrogens (tertiary/aromatic N) is 1. The van der Waals surface area contributed by atoms with Crippen LogP contribution < -0.4 is 0 Å². The van der Waals surface area contributed by atoms with Gasteiger partial charge < -0.3 is 14.7 Å². The minimum atomic E-state index is -1.01. The van der Waals surface area contributed by atoms with Crippen molar-refractivity contribution >= 4 is 5.97 Å². The molecule has 2 aromatic rings. The minimum absolute atomic E-state index is 0.00931. The highest BCUT2D eigenvalue weighted by Crippen LogP contribution is 2.57. The summed E-state index contributed by atoms with van der Waals surface area (Å²) in [7, 11) is 0. The van der Waals surface area contributed by atoms with Crippen LogP contribution in [0.15, 0.2) is 72.8 Å². The number of carbonyl (C=O) groups is 1. The Kier molecular flexibility index (Phi) is 6.53. The van der Waals surface area contributed by atoms with E-state index in [9.17, 15) is 9.90 Å². The molecule has 0 spiro atoms. The van der Waals surface area contributed by atoms with E-state index in [1.165, 1.54) is 18.4 Å². The number of esters is 1. The Morgan fingerprint density at radius 3 is 2.30 bits per heavy atom. The predicted octanol–water partition coefficient (Wildman–Crippen LogP) is 5.95. The lowest BCUT2D eigenvalue weighted by atomic mass is 9.55. The monoisotopic (exact) mass is 499 g/mol. The molecule has 0 bridgehead atoms. The quantitative estimate of drug-likeness (QED) is 0.408. The molecule has 0 radical (unpaired) electrons.